The van der Waals surface area contributed by atoms with Crippen LogP contribution in [0.3, 0.4) is 0 Å². The molecule has 2 amide bonds. The molecule has 2 atom stereocenters. The van der Waals surface area contributed by atoms with Gasteiger partial charge in [0.15, 0.2) is 0 Å². The molecule has 1 N–H and O–H groups in total. The van der Waals surface area contributed by atoms with E-state index in [1.54, 1.807) is 4.90 Å². The number of aryl methyl sites for hydroxylation is 1. The summed E-state index contributed by atoms with van der Waals surface area (Å²) in [5.74, 6) is 0.0886. The van der Waals surface area contributed by atoms with Crippen LogP contribution in [-0.2, 0) is 16.0 Å². The Hall–Kier alpha value is -2.62. The van der Waals surface area contributed by atoms with Crippen LogP contribution in [-0.4, -0.2) is 23.9 Å². The Kier molecular flexibility index (Phi) is 11.8. The minimum absolute atomic E-state index is 0.0380. The molecule has 0 saturated carbocycles. The number of rotatable bonds is 6. The molecule has 32 heavy (non-hydrogen) atoms. The van der Waals surface area contributed by atoms with Gasteiger partial charge in [0.2, 0.25) is 11.8 Å². The van der Waals surface area contributed by atoms with Crippen LogP contribution in [0, 0.1) is 11.8 Å². The number of amides is 2. The van der Waals surface area contributed by atoms with E-state index in [2.05, 4.69) is 45.3 Å². The van der Waals surface area contributed by atoms with E-state index in [4.69, 9.17) is 0 Å². The minimum atomic E-state index is -0.945. The molecule has 0 saturated heterocycles. The van der Waals surface area contributed by atoms with Gasteiger partial charge in [-0.1, -0.05) is 70.2 Å². The number of carbonyl (C=O) groups excluding carboxylic acids is 2. The molecule has 0 fully saturated rings. The van der Waals surface area contributed by atoms with Crippen molar-refractivity contribution in [3.63, 3.8) is 0 Å². The molecule has 1 heterocycles. The summed E-state index contributed by atoms with van der Waals surface area (Å²) in [6.45, 7) is 16.8. The Balaban J connectivity index is 0.00000249. The van der Waals surface area contributed by atoms with E-state index in [0.717, 1.165) is 36.9 Å². The Bertz CT molecular complexity index is 796. The topological polar surface area (TPSA) is 49.4 Å². The first-order valence-electron chi connectivity index (χ1n) is 11.8. The molecule has 2 rings (SSSR count). The molecular weight excluding hydrogens is 396 g/mol. The van der Waals surface area contributed by atoms with E-state index < -0.39 is 5.54 Å². The highest BCUT2D eigenvalue weighted by atomic mass is 16.2. The molecule has 0 spiro atoms. The SMILES string of the molecule is C=C.CCc1ccccc1N1C(=O)C(C)/C=C\C=C/CCCC1(C)C(=O)NCCC(C)C. The number of hydrogen-bond donors (Lipinski definition) is 1. The second-order valence-electron chi connectivity index (χ2n) is 8.86. The zero-order valence-electron chi connectivity index (χ0n) is 20.7. The molecule has 0 aliphatic carbocycles. The lowest BCUT2D eigenvalue weighted by Gasteiger charge is -2.42. The van der Waals surface area contributed by atoms with Crippen molar-refractivity contribution >= 4 is 17.5 Å². The second kappa shape index (κ2) is 13.7. The van der Waals surface area contributed by atoms with Gasteiger partial charge in [-0.3, -0.25) is 14.5 Å². The van der Waals surface area contributed by atoms with Crippen molar-refractivity contribution in [1.29, 1.82) is 0 Å². The highest BCUT2D eigenvalue weighted by Crippen LogP contribution is 2.34. The Labute approximate surface area is 195 Å². The van der Waals surface area contributed by atoms with Gasteiger partial charge < -0.3 is 5.32 Å². The highest BCUT2D eigenvalue weighted by molar-refractivity contribution is 6.05. The number of anilines is 1. The fourth-order valence-corrected chi connectivity index (χ4v) is 3.90. The van der Waals surface area contributed by atoms with Crippen LogP contribution >= 0.6 is 0 Å². The molecule has 4 nitrogen and oxygen atoms in total. The maximum Gasteiger partial charge on any atom is 0.246 e. The minimum Gasteiger partial charge on any atom is -0.354 e. The summed E-state index contributed by atoms with van der Waals surface area (Å²) in [7, 11) is 0. The van der Waals surface area contributed by atoms with Crippen molar-refractivity contribution in [3.05, 3.63) is 67.3 Å². The second-order valence-corrected chi connectivity index (χ2v) is 8.86. The molecular formula is C28H42N2O2. The van der Waals surface area contributed by atoms with Gasteiger partial charge in [0, 0.05) is 12.2 Å². The van der Waals surface area contributed by atoms with Crippen molar-refractivity contribution < 1.29 is 9.59 Å². The van der Waals surface area contributed by atoms with Crippen LogP contribution in [0.2, 0.25) is 0 Å². The van der Waals surface area contributed by atoms with Crippen molar-refractivity contribution in [2.75, 3.05) is 11.4 Å². The molecule has 1 aliphatic rings. The van der Waals surface area contributed by atoms with E-state index in [1.165, 1.54) is 0 Å². The molecule has 1 aliphatic heterocycles. The summed E-state index contributed by atoms with van der Waals surface area (Å²) >= 11 is 0. The maximum absolute atomic E-state index is 13.7. The van der Waals surface area contributed by atoms with Crippen LogP contribution in [0.4, 0.5) is 5.69 Å². The van der Waals surface area contributed by atoms with Gasteiger partial charge in [0.05, 0.1) is 5.92 Å². The van der Waals surface area contributed by atoms with Crippen molar-refractivity contribution in [1.82, 2.24) is 5.32 Å². The molecule has 2 unspecified atom stereocenters. The highest BCUT2D eigenvalue weighted by Gasteiger charge is 2.44. The smallest absolute Gasteiger partial charge is 0.246 e. The standard InChI is InChI=1S/C26H38N2O2.C2H4/c1-6-22-15-11-12-16-23(22)28-24(29)21(4)14-10-8-7-9-13-18-26(28,5)25(30)27-19-17-20(2)3;1-2/h7-8,10-12,14-16,20-21H,6,9,13,17-19H2,1-5H3,(H,27,30);1-2H2/b8-7-,14-10-;. The Morgan fingerprint density at radius 1 is 1.25 bits per heavy atom. The van der Waals surface area contributed by atoms with Gasteiger partial charge in [0.1, 0.15) is 5.54 Å². The summed E-state index contributed by atoms with van der Waals surface area (Å²) < 4.78 is 0. The zero-order valence-corrected chi connectivity index (χ0v) is 20.7. The number of hydrogen-bond acceptors (Lipinski definition) is 2. The van der Waals surface area contributed by atoms with Gasteiger partial charge >= 0.3 is 0 Å². The fraction of sp³-hybridized carbons (Fsp3) is 0.500. The third-order valence-corrected chi connectivity index (χ3v) is 5.89. The lowest BCUT2D eigenvalue weighted by molar-refractivity contribution is -0.131. The van der Waals surface area contributed by atoms with Crippen molar-refractivity contribution in [2.24, 2.45) is 11.8 Å². The molecule has 1 aromatic rings. The van der Waals surface area contributed by atoms with Crippen LogP contribution in [0.5, 0.6) is 0 Å². The largest absolute Gasteiger partial charge is 0.354 e. The summed E-state index contributed by atoms with van der Waals surface area (Å²) in [6, 6.07) is 7.97. The summed E-state index contributed by atoms with van der Waals surface area (Å²) in [4.78, 5) is 29.1. The van der Waals surface area contributed by atoms with Gasteiger partial charge in [-0.2, -0.15) is 0 Å². The van der Waals surface area contributed by atoms with Gasteiger partial charge in [-0.05, 0) is 56.6 Å². The van der Waals surface area contributed by atoms with Gasteiger partial charge in [-0.25, -0.2) is 0 Å². The predicted octanol–water partition coefficient (Wildman–Crippen LogP) is 6.24. The molecule has 4 heteroatoms. The van der Waals surface area contributed by atoms with E-state index >= 15 is 0 Å². The summed E-state index contributed by atoms with van der Waals surface area (Å²) in [5, 5.41) is 3.13. The van der Waals surface area contributed by atoms with Crippen LogP contribution in [0.15, 0.2) is 61.7 Å². The predicted molar refractivity (Wildman–Crippen MR) is 137 cm³/mol. The lowest BCUT2D eigenvalue weighted by atomic mass is 9.88. The van der Waals surface area contributed by atoms with E-state index in [1.807, 2.05) is 56.3 Å². The lowest BCUT2D eigenvalue weighted by Crippen LogP contribution is -2.60. The normalized spacial score (nSPS) is 23.5. The van der Waals surface area contributed by atoms with Gasteiger partial charge in [0.25, 0.3) is 0 Å². The van der Waals surface area contributed by atoms with Crippen molar-refractivity contribution in [3.8, 4) is 0 Å². The number of allylic oxidation sites excluding steroid dienone is 3. The zero-order chi connectivity index (χ0) is 24.1. The van der Waals surface area contributed by atoms with E-state index in [0.29, 0.717) is 18.9 Å². The Morgan fingerprint density at radius 2 is 1.94 bits per heavy atom. The summed E-state index contributed by atoms with van der Waals surface area (Å²) in [5.41, 5.74) is 0.981. The molecule has 0 aromatic heterocycles. The quantitative estimate of drug-likeness (QED) is 0.535. The summed E-state index contributed by atoms with van der Waals surface area (Å²) in [6.07, 6.45) is 12.0. The van der Waals surface area contributed by atoms with E-state index in [9.17, 15) is 9.59 Å². The first-order valence-corrected chi connectivity index (χ1v) is 11.8. The van der Waals surface area contributed by atoms with E-state index in [-0.39, 0.29) is 17.7 Å². The number of para-hydroxylation sites is 1. The van der Waals surface area contributed by atoms with Gasteiger partial charge in [-0.15, -0.1) is 13.2 Å². The third kappa shape index (κ3) is 7.22. The molecule has 176 valence electrons. The number of nitrogens with zero attached hydrogens (tertiary/aromatic N) is 1. The number of carbonyl (C=O) groups is 2. The average Bonchev–Trinajstić information content (AvgIpc) is 2.81. The molecule has 1 aromatic carbocycles. The monoisotopic (exact) mass is 438 g/mol. The maximum atomic E-state index is 13.7. The molecule has 0 radical (unpaired) electrons. The first kappa shape index (κ1) is 27.4. The number of nitrogens with one attached hydrogen (secondary N) is 1. The van der Waals surface area contributed by atoms with Crippen LogP contribution < -0.4 is 10.2 Å². The fourth-order valence-electron chi connectivity index (χ4n) is 3.90. The first-order chi connectivity index (χ1) is 15.3. The van der Waals surface area contributed by atoms with Crippen molar-refractivity contribution in [2.45, 2.75) is 72.3 Å². The average molecular weight is 439 g/mol. The third-order valence-electron chi connectivity index (χ3n) is 5.89. The Morgan fingerprint density at radius 3 is 2.59 bits per heavy atom. The molecule has 0 bridgehead atoms. The number of benzene rings is 1. The van der Waals surface area contributed by atoms with Crippen LogP contribution in [0.1, 0.15) is 65.9 Å². The van der Waals surface area contributed by atoms with Crippen LogP contribution in [0.25, 0.3) is 0 Å².